The summed E-state index contributed by atoms with van der Waals surface area (Å²) >= 11 is 0. The third-order valence-corrected chi connectivity index (χ3v) is 3.86. The van der Waals surface area contributed by atoms with Gasteiger partial charge in [0.05, 0.1) is 5.60 Å². The average molecular weight is 278 g/mol. The Labute approximate surface area is 121 Å². The van der Waals surface area contributed by atoms with E-state index in [0.717, 1.165) is 50.3 Å². The molecule has 1 saturated carbocycles. The largest absolute Gasteiger partial charge is 0.388 e. The van der Waals surface area contributed by atoms with Gasteiger partial charge in [0.1, 0.15) is 18.0 Å². The lowest BCUT2D eigenvalue weighted by atomic mass is 9.94. The molecular weight excluding hydrogens is 252 g/mol. The van der Waals surface area contributed by atoms with E-state index in [4.69, 9.17) is 0 Å². The molecule has 1 heterocycles. The van der Waals surface area contributed by atoms with Crippen molar-refractivity contribution in [3.05, 3.63) is 12.4 Å². The van der Waals surface area contributed by atoms with Gasteiger partial charge in [-0.05, 0) is 19.3 Å². The number of anilines is 2. The summed E-state index contributed by atoms with van der Waals surface area (Å²) in [5, 5.41) is 17.1. The number of hydrogen-bond acceptors (Lipinski definition) is 5. The Hall–Kier alpha value is -1.36. The third kappa shape index (κ3) is 4.63. The van der Waals surface area contributed by atoms with E-state index in [9.17, 15) is 5.11 Å². The second kappa shape index (κ2) is 7.43. The molecule has 1 aromatic rings. The molecule has 5 nitrogen and oxygen atoms in total. The van der Waals surface area contributed by atoms with Crippen molar-refractivity contribution in [2.45, 2.75) is 57.5 Å². The summed E-state index contributed by atoms with van der Waals surface area (Å²) in [4.78, 5) is 8.39. The molecule has 0 saturated heterocycles. The Morgan fingerprint density at radius 1 is 1.10 bits per heavy atom. The highest BCUT2D eigenvalue weighted by Crippen LogP contribution is 2.27. The summed E-state index contributed by atoms with van der Waals surface area (Å²) < 4.78 is 0. The van der Waals surface area contributed by atoms with Gasteiger partial charge in [-0.2, -0.15) is 0 Å². The van der Waals surface area contributed by atoms with Gasteiger partial charge in [-0.3, -0.25) is 0 Å². The van der Waals surface area contributed by atoms with Crippen molar-refractivity contribution in [1.29, 1.82) is 0 Å². The Kier molecular flexibility index (Phi) is 5.59. The van der Waals surface area contributed by atoms with Crippen LogP contribution in [0.15, 0.2) is 12.4 Å². The number of aromatic nitrogens is 2. The second-order valence-electron chi connectivity index (χ2n) is 5.71. The molecule has 0 unspecified atom stereocenters. The Morgan fingerprint density at radius 2 is 1.75 bits per heavy atom. The van der Waals surface area contributed by atoms with E-state index >= 15 is 0 Å². The van der Waals surface area contributed by atoms with Gasteiger partial charge in [-0.25, -0.2) is 9.97 Å². The van der Waals surface area contributed by atoms with Crippen LogP contribution in [0.1, 0.15) is 51.9 Å². The molecule has 0 aromatic carbocycles. The van der Waals surface area contributed by atoms with Gasteiger partial charge in [0.15, 0.2) is 0 Å². The molecule has 3 N–H and O–H groups in total. The van der Waals surface area contributed by atoms with E-state index in [1.165, 1.54) is 12.8 Å². The van der Waals surface area contributed by atoms with E-state index in [2.05, 4.69) is 27.5 Å². The number of nitrogens with one attached hydrogen (secondary N) is 2. The molecule has 0 aliphatic heterocycles. The summed E-state index contributed by atoms with van der Waals surface area (Å²) in [5.41, 5.74) is -0.585. The summed E-state index contributed by atoms with van der Waals surface area (Å²) in [6, 6.07) is 1.90. The maximum absolute atomic E-state index is 10.6. The summed E-state index contributed by atoms with van der Waals surface area (Å²) in [7, 11) is 0. The Morgan fingerprint density at radius 3 is 2.40 bits per heavy atom. The summed E-state index contributed by atoms with van der Waals surface area (Å²) in [6.07, 6.45) is 9.08. The molecule has 1 fully saturated rings. The van der Waals surface area contributed by atoms with Crippen LogP contribution in [0.5, 0.6) is 0 Å². The lowest BCUT2D eigenvalue weighted by molar-refractivity contribution is 0.0380. The van der Waals surface area contributed by atoms with Crippen molar-refractivity contribution >= 4 is 11.6 Å². The molecule has 1 aromatic heterocycles. The fourth-order valence-corrected chi connectivity index (χ4v) is 2.62. The first-order chi connectivity index (χ1) is 9.72. The number of hydrogen-bond donors (Lipinski definition) is 3. The number of rotatable bonds is 6. The maximum Gasteiger partial charge on any atom is 0.131 e. The van der Waals surface area contributed by atoms with Gasteiger partial charge in [0.2, 0.25) is 0 Å². The minimum absolute atomic E-state index is 0.567. The molecule has 0 spiro atoms. The lowest BCUT2D eigenvalue weighted by Crippen LogP contribution is -2.36. The van der Waals surface area contributed by atoms with Crippen molar-refractivity contribution < 1.29 is 5.11 Å². The van der Waals surface area contributed by atoms with Crippen LogP contribution in [0.4, 0.5) is 11.6 Å². The molecular formula is C15H26N4O. The highest BCUT2D eigenvalue weighted by atomic mass is 16.3. The van der Waals surface area contributed by atoms with Crippen LogP contribution >= 0.6 is 0 Å². The van der Waals surface area contributed by atoms with Gasteiger partial charge < -0.3 is 15.7 Å². The SMILES string of the molecule is CCCNc1cc(NCC2(O)CCCCCC2)ncn1. The van der Waals surface area contributed by atoms with Crippen LogP contribution < -0.4 is 10.6 Å². The van der Waals surface area contributed by atoms with Crippen molar-refractivity contribution in [3.63, 3.8) is 0 Å². The molecule has 0 radical (unpaired) electrons. The highest BCUT2D eigenvalue weighted by molar-refractivity contribution is 5.46. The molecule has 112 valence electrons. The average Bonchev–Trinajstić information content (AvgIpc) is 2.69. The molecule has 0 atom stereocenters. The lowest BCUT2D eigenvalue weighted by Gasteiger charge is -2.27. The van der Waals surface area contributed by atoms with E-state index < -0.39 is 5.60 Å². The normalized spacial score (nSPS) is 18.3. The standard InChI is InChI=1S/C15H26N4O/c1-2-9-16-13-10-14(19-12-18-13)17-11-15(20)7-5-3-4-6-8-15/h10,12,20H,2-9,11H2,1H3,(H2,16,17,18,19). The molecule has 20 heavy (non-hydrogen) atoms. The minimum Gasteiger partial charge on any atom is -0.388 e. The predicted molar refractivity (Wildman–Crippen MR) is 82.0 cm³/mol. The molecule has 2 rings (SSSR count). The first-order valence-corrected chi connectivity index (χ1v) is 7.74. The van der Waals surface area contributed by atoms with Crippen LogP contribution in [0.3, 0.4) is 0 Å². The van der Waals surface area contributed by atoms with Crippen molar-refractivity contribution in [3.8, 4) is 0 Å². The van der Waals surface area contributed by atoms with E-state index in [-0.39, 0.29) is 0 Å². The van der Waals surface area contributed by atoms with Gasteiger partial charge in [0, 0.05) is 19.2 Å². The van der Waals surface area contributed by atoms with Gasteiger partial charge in [0.25, 0.3) is 0 Å². The fraction of sp³-hybridized carbons (Fsp3) is 0.733. The summed E-state index contributed by atoms with van der Waals surface area (Å²) in [6.45, 7) is 3.59. The van der Waals surface area contributed by atoms with Crippen LogP contribution in [0.25, 0.3) is 0 Å². The zero-order valence-corrected chi connectivity index (χ0v) is 12.4. The zero-order chi connectivity index (χ0) is 14.3. The molecule has 1 aliphatic rings. The van der Waals surface area contributed by atoms with E-state index in [1.54, 1.807) is 6.33 Å². The second-order valence-corrected chi connectivity index (χ2v) is 5.71. The van der Waals surface area contributed by atoms with Crippen molar-refractivity contribution in [1.82, 2.24) is 9.97 Å². The maximum atomic E-state index is 10.6. The monoisotopic (exact) mass is 278 g/mol. The van der Waals surface area contributed by atoms with Crippen molar-refractivity contribution in [2.75, 3.05) is 23.7 Å². The first-order valence-electron chi connectivity index (χ1n) is 7.74. The predicted octanol–water partition coefficient (Wildman–Crippen LogP) is 2.80. The van der Waals surface area contributed by atoms with Gasteiger partial charge in [-0.15, -0.1) is 0 Å². The summed E-state index contributed by atoms with van der Waals surface area (Å²) in [5.74, 6) is 1.61. The zero-order valence-electron chi connectivity index (χ0n) is 12.4. The first kappa shape index (κ1) is 15.0. The van der Waals surface area contributed by atoms with Crippen molar-refractivity contribution in [2.24, 2.45) is 0 Å². The highest BCUT2D eigenvalue weighted by Gasteiger charge is 2.27. The van der Waals surface area contributed by atoms with Gasteiger partial charge >= 0.3 is 0 Å². The molecule has 0 bridgehead atoms. The smallest absolute Gasteiger partial charge is 0.131 e. The van der Waals surface area contributed by atoms with Crippen LogP contribution in [0, 0.1) is 0 Å². The fourth-order valence-electron chi connectivity index (χ4n) is 2.62. The Balaban J connectivity index is 1.89. The van der Waals surface area contributed by atoms with Crippen LogP contribution in [-0.4, -0.2) is 33.8 Å². The topological polar surface area (TPSA) is 70.1 Å². The number of aliphatic hydroxyl groups is 1. The number of nitrogens with zero attached hydrogens (tertiary/aromatic N) is 2. The van der Waals surface area contributed by atoms with E-state index in [0.29, 0.717) is 6.54 Å². The minimum atomic E-state index is -0.585. The molecule has 1 aliphatic carbocycles. The van der Waals surface area contributed by atoms with Gasteiger partial charge in [-0.1, -0.05) is 32.6 Å². The Bertz CT molecular complexity index is 403. The van der Waals surface area contributed by atoms with E-state index in [1.807, 2.05) is 6.07 Å². The molecule has 0 amide bonds. The van der Waals surface area contributed by atoms with Crippen LogP contribution in [-0.2, 0) is 0 Å². The third-order valence-electron chi connectivity index (χ3n) is 3.86. The van der Waals surface area contributed by atoms with Crippen LogP contribution in [0.2, 0.25) is 0 Å². The molecule has 5 heteroatoms. The quantitative estimate of drug-likeness (QED) is 0.698.